The molecule has 2 aliphatic rings. The standard InChI is InChI=1S/C20H28FN3O2/c1-14-5-6-17(13-18(14)21)22-19(25)15(2)23-11-7-16(8-12-23)20(26)24-9-3-4-10-24/h5-6,13,15-16H,3-4,7-12H2,1-2H3,(H,22,25)/t15-/m0/s1. The summed E-state index contributed by atoms with van der Waals surface area (Å²) in [6.07, 6.45) is 3.82. The molecule has 0 radical (unpaired) electrons. The summed E-state index contributed by atoms with van der Waals surface area (Å²) in [6, 6.07) is 4.41. The molecule has 26 heavy (non-hydrogen) atoms. The number of rotatable bonds is 4. The van der Waals surface area contributed by atoms with Crippen molar-refractivity contribution in [1.82, 2.24) is 9.80 Å². The molecule has 0 aliphatic carbocycles. The lowest BCUT2D eigenvalue weighted by molar-refractivity contribution is -0.136. The molecule has 2 saturated heterocycles. The largest absolute Gasteiger partial charge is 0.342 e. The molecule has 1 N–H and O–H groups in total. The van der Waals surface area contributed by atoms with E-state index in [1.54, 1.807) is 19.1 Å². The highest BCUT2D eigenvalue weighted by atomic mass is 19.1. The minimum Gasteiger partial charge on any atom is -0.342 e. The van der Waals surface area contributed by atoms with E-state index in [2.05, 4.69) is 10.2 Å². The molecule has 1 atom stereocenters. The van der Waals surface area contributed by atoms with Crippen molar-refractivity contribution in [1.29, 1.82) is 0 Å². The van der Waals surface area contributed by atoms with Crippen molar-refractivity contribution < 1.29 is 14.0 Å². The van der Waals surface area contributed by atoms with Gasteiger partial charge in [0.1, 0.15) is 5.82 Å². The Morgan fingerprint density at radius 3 is 2.42 bits per heavy atom. The molecule has 2 fully saturated rings. The predicted molar refractivity (Wildman–Crippen MR) is 99.3 cm³/mol. The van der Waals surface area contributed by atoms with Crippen LogP contribution in [-0.2, 0) is 9.59 Å². The van der Waals surface area contributed by atoms with E-state index in [1.165, 1.54) is 6.07 Å². The number of hydrogen-bond donors (Lipinski definition) is 1. The molecule has 1 aromatic carbocycles. The molecule has 0 saturated carbocycles. The molecule has 2 heterocycles. The van der Waals surface area contributed by atoms with Crippen molar-refractivity contribution >= 4 is 17.5 Å². The number of anilines is 1. The zero-order valence-corrected chi connectivity index (χ0v) is 15.6. The first-order valence-corrected chi connectivity index (χ1v) is 9.55. The third kappa shape index (κ3) is 4.23. The fourth-order valence-electron chi connectivity index (χ4n) is 3.81. The monoisotopic (exact) mass is 361 g/mol. The minimum atomic E-state index is -0.323. The second kappa shape index (κ2) is 8.16. The summed E-state index contributed by atoms with van der Waals surface area (Å²) in [6.45, 7) is 6.82. The average molecular weight is 361 g/mol. The average Bonchev–Trinajstić information content (AvgIpc) is 3.18. The lowest BCUT2D eigenvalue weighted by Crippen LogP contribution is -2.48. The van der Waals surface area contributed by atoms with Crippen LogP contribution in [0.3, 0.4) is 0 Å². The van der Waals surface area contributed by atoms with Crippen molar-refractivity contribution in [3.63, 3.8) is 0 Å². The van der Waals surface area contributed by atoms with E-state index in [0.717, 1.165) is 51.9 Å². The lowest BCUT2D eigenvalue weighted by atomic mass is 9.94. The molecular formula is C20H28FN3O2. The van der Waals surface area contributed by atoms with Gasteiger partial charge in [0.15, 0.2) is 0 Å². The number of halogens is 1. The zero-order chi connectivity index (χ0) is 18.7. The first-order valence-electron chi connectivity index (χ1n) is 9.55. The van der Waals surface area contributed by atoms with E-state index in [0.29, 0.717) is 11.3 Å². The molecule has 142 valence electrons. The van der Waals surface area contributed by atoms with Crippen LogP contribution in [0, 0.1) is 18.7 Å². The minimum absolute atomic E-state index is 0.0887. The maximum Gasteiger partial charge on any atom is 0.241 e. The van der Waals surface area contributed by atoms with E-state index in [1.807, 2.05) is 11.8 Å². The van der Waals surface area contributed by atoms with Crippen LogP contribution < -0.4 is 5.32 Å². The Labute approximate surface area is 154 Å². The molecule has 0 aromatic heterocycles. The van der Waals surface area contributed by atoms with Gasteiger partial charge >= 0.3 is 0 Å². The molecule has 6 heteroatoms. The van der Waals surface area contributed by atoms with Crippen LogP contribution >= 0.6 is 0 Å². The maximum atomic E-state index is 13.6. The van der Waals surface area contributed by atoms with Crippen molar-refractivity contribution in [2.45, 2.75) is 45.6 Å². The summed E-state index contributed by atoms with van der Waals surface area (Å²) in [4.78, 5) is 29.1. The van der Waals surface area contributed by atoms with Gasteiger partial charge in [-0.05, 0) is 70.3 Å². The van der Waals surface area contributed by atoms with Gasteiger partial charge in [0, 0.05) is 24.7 Å². The van der Waals surface area contributed by atoms with Gasteiger partial charge < -0.3 is 10.2 Å². The quantitative estimate of drug-likeness (QED) is 0.897. The Bertz CT molecular complexity index is 665. The number of aryl methyl sites for hydroxylation is 1. The van der Waals surface area contributed by atoms with Gasteiger partial charge in [-0.2, -0.15) is 0 Å². The van der Waals surface area contributed by atoms with Crippen LogP contribution in [0.15, 0.2) is 18.2 Å². The number of amides is 2. The molecule has 0 unspecified atom stereocenters. The van der Waals surface area contributed by atoms with E-state index in [9.17, 15) is 14.0 Å². The van der Waals surface area contributed by atoms with Gasteiger partial charge in [-0.15, -0.1) is 0 Å². The molecule has 2 amide bonds. The number of piperidine rings is 1. The summed E-state index contributed by atoms with van der Waals surface area (Å²) in [7, 11) is 0. The molecule has 0 bridgehead atoms. The van der Waals surface area contributed by atoms with E-state index in [4.69, 9.17) is 0 Å². The number of nitrogens with one attached hydrogen (secondary N) is 1. The van der Waals surface area contributed by atoms with Crippen LogP contribution in [0.1, 0.15) is 38.2 Å². The Morgan fingerprint density at radius 1 is 1.15 bits per heavy atom. The summed E-state index contributed by atoms with van der Waals surface area (Å²) in [5.41, 5.74) is 1.03. The number of benzene rings is 1. The molecule has 0 spiro atoms. The van der Waals surface area contributed by atoms with Gasteiger partial charge in [-0.3, -0.25) is 14.5 Å². The summed E-state index contributed by atoms with van der Waals surface area (Å²) in [5.74, 6) is -0.0885. The number of hydrogen-bond acceptors (Lipinski definition) is 3. The maximum absolute atomic E-state index is 13.6. The highest BCUT2D eigenvalue weighted by molar-refractivity contribution is 5.94. The topological polar surface area (TPSA) is 52.7 Å². The third-order valence-electron chi connectivity index (χ3n) is 5.66. The van der Waals surface area contributed by atoms with Crippen molar-refractivity contribution in [2.75, 3.05) is 31.5 Å². The summed E-state index contributed by atoms with van der Waals surface area (Å²) < 4.78 is 13.6. The van der Waals surface area contributed by atoms with Gasteiger partial charge in [-0.1, -0.05) is 6.07 Å². The van der Waals surface area contributed by atoms with Crippen LogP contribution in [-0.4, -0.2) is 53.8 Å². The van der Waals surface area contributed by atoms with Gasteiger partial charge in [-0.25, -0.2) is 4.39 Å². The van der Waals surface area contributed by atoms with Crippen molar-refractivity contribution in [3.8, 4) is 0 Å². The number of carbonyl (C=O) groups is 2. The number of nitrogens with zero attached hydrogens (tertiary/aromatic N) is 2. The van der Waals surface area contributed by atoms with Gasteiger partial charge in [0.05, 0.1) is 6.04 Å². The van der Waals surface area contributed by atoms with Crippen LogP contribution in [0.2, 0.25) is 0 Å². The number of likely N-dealkylation sites (tertiary alicyclic amines) is 2. The molecule has 3 rings (SSSR count). The van der Waals surface area contributed by atoms with E-state index < -0.39 is 0 Å². The van der Waals surface area contributed by atoms with Crippen LogP contribution in [0.25, 0.3) is 0 Å². The fourth-order valence-corrected chi connectivity index (χ4v) is 3.81. The SMILES string of the molecule is Cc1ccc(NC(=O)[C@H](C)N2CCC(C(=O)N3CCCC3)CC2)cc1F. The van der Waals surface area contributed by atoms with Crippen molar-refractivity contribution in [2.24, 2.45) is 5.92 Å². The first kappa shape index (κ1) is 18.8. The third-order valence-corrected chi connectivity index (χ3v) is 5.66. The normalized spacial score (nSPS) is 20.2. The van der Waals surface area contributed by atoms with Crippen LogP contribution in [0.5, 0.6) is 0 Å². The molecule has 5 nitrogen and oxygen atoms in total. The van der Waals surface area contributed by atoms with Crippen LogP contribution in [0.4, 0.5) is 10.1 Å². The second-order valence-electron chi connectivity index (χ2n) is 7.47. The van der Waals surface area contributed by atoms with Gasteiger partial charge in [0.2, 0.25) is 11.8 Å². The lowest BCUT2D eigenvalue weighted by Gasteiger charge is -2.36. The fraction of sp³-hybridized carbons (Fsp3) is 0.600. The highest BCUT2D eigenvalue weighted by Gasteiger charge is 2.32. The van der Waals surface area contributed by atoms with Gasteiger partial charge in [0.25, 0.3) is 0 Å². The smallest absolute Gasteiger partial charge is 0.241 e. The highest BCUT2D eigenvalue weighted by Crippen LogP contribution is 2.23. The Morgan fingerprint density at radius 2 is 1.81 bits per heavy atom. The summed E-state index contributed by atoms with van der Waals surface area (Å²) in [5, 5.41) is 2.79. The molecular weight excluding hydrogens is 333 g/mol. The Hall–Kier alpha value is -1.95. The molecule has 2 aliphatic heterocycles. The Balaban J connectivity index is 1.50. The van der Waals surface area contributed by atoms with Crippen molar-refractivity contribution in [3.05, 3.63) is 29.6 Å². The second-order valence-corrected chi connectivity index (χ2v) is 7.47. The summed E-state index contributed by atoms with van der Waals surface area (Å²) >= 11 is 0. The Kier molecular flexibility index (Phi) is 5.91. The van der Waals surface area contributed by atoms with E-state index in [-0.39, 0.29) is 29.6 Å². The zero-order valence-electron chi connectivity index (χ0n) is 15.6. The number of carbonyl (C=O) groups excluding carboxylic acids is 2. The predicted octanol–water partition coefficient (Wildman–Crippen LogP) is 2.80. The molecule has 1 aromatic rings. The first-order chi connectivity index (χ1) is 12.5. The van der Waals surface area contributed by atoms with E-state index >= 15 is 0 Å².